The number of hydrogen-bond donors (Lipinski definition) is 0. The molecule has 1 aliphatic carbocycles. The average Bonchev–Trinajstić information content (AvgIpc) is 2.15. The van der Waals surface area contributed by atoms with E-state index >= 15 is 0 Å². The zero-order valence-electron chi connectivity index (χ0n) is 10.1. The van der Waals surface area contributed by atoms with Crippen molar-refractivity contribution in [1.29, 1.82) is 0 Å². The van der Waals surface area contributed by atoms with Crippen LogP contribution in [0.4, 0.5) is 0 Å². The van der Waals surface area contributed by atoms with E-state index in [1.807, 2.05) is 0 Å². The van der Waals surface area contributed by atoms with Crippen LogP contribution in [0.3, 0.4) is 0 Å². The van der Waals surface area contributed by atoms with E-state index < -0.39 is 0 Å². The van der Waals surface area contributed by atoms with Gasteiger partial charge in [0.2, 0.25) is 0 Å². The summed E-state index contributed by atoms with van der Waals surface area (Å²) in [4.78, 5) is 3.23. The van der Waals surface area contributed by atoms with E-state index in [2.05, 4.69) is 59.1 Å². The lowest BCUT2D eigenvalue weighted by molar-refractivity contribution is 0.208. The summed E-state index contributed by atoms with van der Waals surface area (Å²) < 4.78 is 0. The molecule has 0 spiro atoms. The molecule has 88 valence electrons. The van der Waals surface area contributed by atoms with E-state index in [9.17, 15) is 0 Å². The van der Waals surface area contributed by atoms with Gasteiger partial charge >= 0.3 is 0 Å². The molecule has 0 bridgehead atoms. The Kier molecular flexibility index (Phi) is 4.04. The molecule has 2 rings (SSSR count). The minimum absolute atomic E-state index is 0.782. The second kappa shape index (κ2) is 5.33. The maximum absolute atomic E-state index is 3.65. The van der Waals surface area contributed by atoms with Gasteiger partial charge in [-0.3, -0.25) is 0 Å². The van der Waals surface area contributed by atoms with Gasteiger partial charge in [0.05, 0.1) is 0 Å². The minimum atomic E-state index is 0.782. The highest BCUT2D eigenvalue weighted by Crippen LogP contribution is 2.33. The highest BCUT2D eigenvalue weighted by atomic mass is 79.9. The lowest BCUT2D eigenvalue weighted by Crippen LogP contribution is -2.34. The monoisotopic (exact) mass is 281 g/mol. The van der Waals surface area contributed by atoms with Crippen molar-refractivity contribution in [3.63, 3.8) is 0 Å². The number of hydrogen-bond acceptors (Lipinski definition) is 1. The smallest absolute Gasteiger partial charge is 0.0230 e. The molecule has 0 heterocycles. The first kappa shape index (κ1) is 12.1. The Morgan fingerprint density at radius 3 is 2.75 bits per heavy atom. The van der Waals surface area contributed by atoms with E-state index in [0.717, 1.165) is 17.3 Å². The second-order valence-electron chi connectivity index (χ2n) is 5.12. The highest BCUT2D eigenvalue weighted by molar-refractivity contribution is 9.09. The molecule has 0 saturated heterocycles. The lowest BCUT2D eigenvalue weighted by atomic mass is 9.85. The molecule has 1 aliphatic rings. The standard InChI is InChI=1S/C14H20BrN/c1-11-4-3-5-12(6-11)9-16(2)10-13-7-14(15)8-13/h3-6,13-14H,7-10H2,1-2H3. The third-order valence-corrected chi connectivity index (χ3v) is 4.03. The van der Waals surface area contributed by atoms with Gasteiger partial charge in [0.25, 0.3) is 0 Å². The molecule has 1 fully saturated rings. The van der Waals surface area contributed by atoms with E-state index in [4.69, 9.17) is 0 Å². The third-order valence-electron chi connectivity index (χ3n) is 3.28. The van der Waals surface area contributed by atoms with Gasteiger partial charge in [-0.25, -0.2) is 0 Å². The quantitative estimate of drug-likeness (QED) is 0.763. The van der Waals surface area contributed by atoms with Crippen LogP contribution in [0.5, 0.6) is 0 Å². The molecule has 1 aromatic carbocycles. The summed E-state index contributed by atoms with van der Waals surface area (Å²) >= 11 is 3.65. The molecule has 1 nitrogen and oxygen atoms in total. The van der Waals surface area contributed by atoms with Crippen molar-refractivity contribution in [3.8, 4) is 0 Å². The van der Waals surface area contributed by atoms with Crippen LogP contribution in [0.25, 0.3) is 0 Å². The van der Waals surface area contributed by atoms with Crippen LogP contribution in [0.2, 0.25) is 0 Å². The Balaban J connectivity index is 1.80. The molecule has 0 radical (unpaired) electrons. The van der Waals surface area contributed by atoms with Crippen LogP contribution in [-0.2, 0) is 6.54 Å². The molecule has 0 unspecified atom stereocenters. The van der Waals surface area contributed by atoms with E-state index in [0.29, 0.717) is 0 Å². The van der Waals surface area contributed by atoms with Crippen LogP contribution in [0, 0.1) is 12.8 Å². The summed E-state index contributed by atoms with van der Waals surface area (Å²) in [6, 6.07) is 8.81. The molecule has 1 aromatic rings. The number of halogens is 1. The summed E-state index contributed by atoms with van der Waals surface area (Å²) in [7, 11) is 2.23. The third kappa shape index (κ3) is 3.33. The molecule has 0 aromatic heterocycles. The topological polar surface area (TPSA) is 3.24 Å². The summed E-state index contributed by atoms with van der Waals surface area (Å²) in [6.45, 7) is 4.46. The van der Waals surface area contributed by atoms with Crippen molar-refractivity contribution in [2.45, 2.75) is 31.1 Å². The number of nitrogens with zero attached hydrogens (tertiary/aromatic N) is 1. The van der Waals surface area contributed by atoms with Gasteiger partial charge in [0.1, 0.15) is 0 Å². The zero-order valence-corrected chi connectivity index (χ0v) is 11.7. The molecule has 0 N–H and O–H groups in total. The Hall–Kier alpha value is -0.340. The van der Waals surface area contributed by atoms with Crippen LogP contribution < -0.4 is 0 Å². The zero-order chi connectivity index (χ0) is 11.5. The van der Waals surface area contributed by atoms with Crippen molar-refractivity contribution < 1.29 is 0 Å². The normalized spacial score (nSPS) is 24.5. The minimum Gasteiger partial charge on any atom is -0.302 e. The van der Waals surface area contributed by atoms with E-state index in [1.165, 1.54) is 30.5 Å². The van der Waals surface area contributed by atoms with E-state index in [-0.39, 0.29) is 0 Å². The highest BCUT2D eigenvalue weighted by Gasteiger charge is 2.27. The maximum atomic E-state index is 3.65. The van der Waals surface area contributed by atoms with Crippen molar-refractivity contribution in [2.75, 3.05) is 13.6 Å². The van der Waals surface area contributed by atoms with Crippen LogP contribution in [0.15, 0.2) is 24.3 Å². The molecular formula is C14H20BrN. The molecule has 2 heteroatoms. The van der Waals surface area contributed by atoms with Gasteiger partial charge < -0.3 is 4.90 Å². The van der Waals surface area contributed by atoms with Crippen LogP contribution >= 0.6 is 15.9 Å². The molecule has 0 amide bonds. The molecule has 0 aliphatic heterocycles. The number of rotatable bonds is 4. The largest absolute Gasteiger partial charge is 0.302 e. The van der Waals surface area contributed by atoms with Gasteiger partial charge in [0, 0.05) is 17.9 Å². The van der Waals surface area contributed by atoms with E-state index in [1.54, 1.807) is 0 Å². The van der Waals surface area contributed by atoms with Gasteiger partial charge in [-0.05, 0) is 38.3 Å². The van der Waals surface area contributed by atoms with Crippen molar-refractivity contribution in [1.82, 2.24) is 4.90 Å². The predicted octanol–water partition coefficient (Wildman–Crippen LogP) is 3.60. The molecular weight excluding hydrogens is 262 g/mol. The van der Waals surface area contributed by atoms with Crippen molar-refractivity contribution in [2.24, 2.45) is 5.92 Å². The van der Waals surface area contributed by atoms with Gasteiger partial charge in [0.15, 0.2) is 0 Å². The Bertz CT molecular complexity index is 344. The van der Waals surface area contributed by atoms with Gasteiger partial charge in [-0.15, -0.1) is 0 Å². The van der Waals surface area contributed by atoms with Crippen molar-refractivity contribution in [3.05, 3.63) is 35.4 Å². The summed E-state index contributed by atoms with van der Waals surface area (Å²) in [6.07, 6.45) is 2.69. The Morgan fingerprint density at radius 1 is 1.38 bits per heavy atom. The first-order valence-electron chi connectivity index (χ1n) is 6.01. The Labute approximate surface area is 107 Å². The fourth-order valence-corrected chi connectivity index (χ4v) is 3.49. The first-order chi connectivity index (χ1) is 7.63. The predicted molar refractivity (Wildman–Crippen MR) is 73.0 cm³/mol. The SMILES string of the molecule is Cc1cccc(CN(C)CC2CC(Br)C2)c1. The lowest BCUT2D eigenvalue weighted by Gasteiger charge is -2.34. The fourth-order valence-electron chi connectivity index (χ4n) is 2.43. The summed E-state index contributed by atoms with van der Waals surface area (Å²) in [5.41, 5.74) is 2.78. The summed E-state index contributed by atoms with van der Waals surface area (Å²) in [5, 5.41) is 0. The van der Waals surface area contributed by atoms with Gasteiger partial charge in [-0.2, -0.15) is 0 Å². The average molecular weight is 282 g/mol. The number of benzene rings is 1. The second-order valence-corrected chi connectivity index (χ2v) is 6.42. The van der Waals surface area contributed by atoms with Gasteiger partial charge in [-0.1, -0.05) is 45.8 Å². The summed E-state index contributed by atoms with van der Waals surface area (Å²) in [5.74, 6) is 0.902. The van der Waals surface area contributed by atoms with Crippen LogP contribution in [0.1, 0.15) is 24.0 Å². The fraction of sp³-hybridized carbons (Fsp3) is 0.571. The maximum Gasteiger partial charge on any atom is 0.0230 e. The molecule has 1 saturated carbocycles. The first-order valence-corrected chi connectivity index (χ1v) is 6.93. The molecule has 16 heavy (non-hydrogen) atoms. The molecule has 0 atom stereocenters. The number of alkyl halides is 1. The Morgan fingerprint density at radius 2 is 2.12 bits per heavy atom. The van der Waals surface area contributed by atoms with Crippen LogP contribution in [-0.4, -0.2) is 23.3 Å². The van der Waals surface area contributed by atoms with Crippen molar-refractivity contribution >= 4 is 15.9 Å². The number of aryl methyl sites for hydroxylation is 1.